The number of hydrogen-bond acceptors (Lipinski definition) is 5. The summed E-state index contributed by atoms with van der Waals surface area (Å²) in [4.78, 5) is 9.99. The molecule has 0 unspecified atom stereocenters. The molecule has 0 saturated carbocycles. The van der Waals surface area contributed by atoms with Gasteiger partial charge in [0.1, 0.15) is 5.82 Å². The summed E-state index contributed by atoms with van der Waals surface area (Å²) in [7, 11) is -3.88. The van der Waals surface area contributed by atoms with E-state index in [0.717, 1.165) is 6.07 Å². The van der Waals surface area contributed by atoms with Crippen LogP contribution >= 0.6 is 0 Å². The number of nitro groups is 1. The molecular formula is C10H10N4O4S. The average Bonchev–Trinajstić information content (AvgIpc) is 2.80. The molecule has 0 aliphatic heterocycles. The standard InChI is InChI=1S/C10H10N4O4S/c1-7-2-3-8(6-9(7)14(15)16)19(17,18)13-10-4-5-11-12-10/h2-6H,1H3,(H2,11,12,13). The molecule has 19 heavy (non-hydrogen) atoms. The third-order valence-corrected chi connectivity index (χ3v) is 3.80. The van der Waals surface area contributed by atoms with Crippen LogP contribution in [0.3, 0.4) is 0 Å². The third-order valence-electron chi connectivity index (χ3n) is 2.43. The number of aromatic amines is 1. The van der Waals surface area contributed by atoms with Crippen molar-refractivity contribution < 1.29 is 13.3 Å². The first-order chi connectivity index (χ1) is 8.90. The summed E-state index contributed by atoms with van der Waals surface area (Å²) < 4.78 is 26.2. The number of H-pyrrole nitrogens is 1. The summed E-state index contributed by atoms with van der Waals surface area (Å²) in [5.41, 5.74) is 0.151. The van der Waals surface area contributed by atoms with E-state index < -0.39 is 14.9 Å². The molecule has 0 aliphatic carbocycles. The van der Waals surface area contributed by atoms with Crippen molar-refractivity contribution in [1.82, 2.24) is 10.2 Å². The first-order valence-corrected chi connectivity index (χ1v) is 6.66. The van der Waals surface area contributed by atoms with Gasteiger partial charge in [-0.15, -0.1) is 0 Å². The third kappa shape index (κ3) is 2.71. The molecule has 2 aromatic rings. The van der Waals surface area contributed by atoms with Gasteiger partial charge in [0.25, 0.3) is 15.7 Å². The second-order valence-corrected chi connectivity index (χ2v) is 5.46. The highest BCUT2D eigenvalue weighted by Gasteiger charge is 2.20. The molecule has 0 spiro atoms. The molecule has 0 saturated heterocycles. The maximum atomic E-state index is 12.0. The van der Waals surface area contributed by atoms with Crippen LogP contribution in [0.15, 0.2) is 35.4 Å². The number of hydrogen-bond donors (Lipinski definition) is 2. The number of aromatic nitrogens is 2. The van der Waals surface area contributed by atoms with E-state index in [1.807, 2.05) is 0 Å². The number of benzene rings is 1. The molecule has 1 heterocycles. The molecule has 0 radical (unpaired) electrons. The zero-order valence-electron chi connectivity index (χ0n) is 9.82. The molecule has 0 bridgehead atoms. The van der Waals surface area contributed by atoms with Crippen molar-refractivity contribution in [2.24, 2.45) is 0 Å². The number of sulfonamides is 1. The summed E-state index contributed by atoms with van der Waals surface area (Å²) in [6.07, 6.45) is 1.38. The van der Waals surface area contributed by atoms with Crippen molar-refractivity contribution in [1.29, 1.82) is 0 Å². The molecule has 0 aliphatic rings. The van der Waals surface area contributed by atoms with Gasteiger partial charge in [-0.2, -0.15) is 5.10 Å². The Bertz CT molecular complexity index is 709. The first-order valence-electron chi connectivity index (χ1n) is 5.17. The fourth-order valence-electron chi connectivity index (χ4n) is 1.47. The Morgan fingerprint density at radius 3 is 2.68 bits per heavy atom. The van der Waals surface area contributed by atoms with Gasteiger partial charge < -0.3 is 0 Å². The van der Waals surface area contributed by atoms with E-state index in [9.17, 15) is 18.5 Å². The quantitative estimate of drug-likeness (QED) is 0.649. The Labute approximate surface area is 108 Å². The van der Waals surface area contributed by atoms with Crippen LogP contribution in [-0.4, -0.2) is 23.5 Å². The van der Waals surface area contributed by atoms with Crippen molar-refractivity contribution in [3.63, 3.8) is 0 Å². The van der Waals surface area contributed by atoms with Crippen LogP contribution in [0.2, 0.25) is 0 Å². The Kier molecular flexibility index (Phi) is 3.21. The monoisotopic (exact) mass is 282 g/mol. The Morgan fingerprint density at radius 2 is 2.11 bits per heavy atom. The second-order valence-electron chi connectivity index (χ2n) is 3.78. The van der Waals surface area contributed by atoms with Gasteiger partial charge in [-0.25, -0.2) is 8.42 Å². The molecule has 9 heteroatoms. The second kappa shape index (κ2) is 4.69. The molecule has 0 fully saturated rings. The van der Waals surface area contributed by atoms with E-state index in [2.05, 4.69) is 14.9 Å². The van der Waals surface area contributed by atoms with Crippen molar-refractivity contribution >= 4 is 21.5 Å². The van der Waals surface area contributed by atoms with Crippen LogP contribution in [0.4, 0.5) is 11.5 Å². The summed E-state index contributed by atoms with van der Waals surface area (Å²) in [6.45, 7) is 1.54. The van der Waals surface area contributed by atoms with Gasteiger partial charge in [0.05, 0.1) is 16.0 Å². The van der Waals surface area contributed by atoms with Gasteiger partial charge in [-0.1, -0.05) is 6.07 Å². The minimum atomic E-state index is -3.88. The van der Waals surface area contributed by atoms with Crippen LogP contribution in [0.25, 0.3) is 0 Å². The Hall–Kier alpha value is -2.42. The number of nitro benzene ring substituents is 1. The maximum Gasteiger partial charge on any atom is 0.273 e. The summed E-state index contributed by atoms with van der Waals surface area (Å²) in [6, 6.07) is 5.15. The zero-order valence-corrected chi connectivity index (χ0v) is 10.6. The molecule has 100 valence electrons. The summed E-state index contributed by atoms with van der Waals surface area (Å²) in [5, 5.41) is 16.8. The summed E-state index contributed by atoms with van der Waals surface area (Å²) in [5.74, 6) is 0.184. The summed E-state index contributed by atoms with van der Waals surface area (Å²) >= 11 is 0. The SMILES string of the molecule is Cc1ccc(S(=O)(=O)Nc2ccn[nH]2)cc1[N+](=O)[O-]. The Balaban J connectivity index is 2.41. The molecular weight excluding hydrogens is 272 g/mol. The van der Waals surface area contributed by atoms with E-state index in [1.54, 1.807) is 0 Å². The molecule has 2 rings (SSSR count). The maximum absolute atomic E-state index is 12.0. The number of nitrogens with zero attached hydrogens (tertiary/aromatic N) is 2. The van der Waals surface area contributed by atoms with Gasteiger partial charge in [0.15, 0.2) is 0 Å². The molecule has 8 nitrogen and oxygen atoms in total. The number of aryl methyl sites for hydroxylation is 1. The molecule has 2 N–H and O–H groups in total. The molecule has 0 atom stereocenters. The topological polar surface area (TPSA) is 118 Å². The predicted octanol–water partition coefficient (Wildman–Crippen LogP) is 1.43. The Morgan fingerprint density at radius 1 is 1.37 bits per heavy atom. The lowest BCUT2D eigenvalue weighted by Gasteiger charge is -2.06. The van der Waals surface area contributed by atoms with Gasteiger partial charge in [0, 0.05) is 17.7 Å². The van der Waals surface area contributed by atoms with E-state index >= 15 is 0 Å². The fraction of sp³-hybridized carbons (Fsp3) is 0.100. The zero-order chi connectivity index (χ0) is 14.0. The lowest BCUT2D eigenvalue weighted by Crippen LogP contribution is -2.13. The largest absolute Gasteiger partial charge is 0.273 e. The van der Waals surface area contributed by atoms with Gasteiger partial charge >= 0.3 is 0 Å². The number of rotatable bonds is 4. The van der Waals surface area contributed by atoms with Crippen molar-refractivity contribution in [3.8, 4) is 0 Å². The van der Waals surface area contributed by atoms with E-state index in [-0.39, 0.29) is 16.4 Å². The van der Waals surface area contributed by atoms with E-state index in [1.165, 1.54) is 31.3 Å². The molecule has 0 amide bonds. The van der Waals surface area contributed by atoms with Crippen LogP contribution in [0.5, 0.6) is 0 Å². The minimum absolute atomic E-state index is 0.181. The van der Waals surface area contributed by atoms with Crippen molar-refractivity contribution in [2.75, 3.05) is 4.72 Å². The number of nitrogens with one attached hydrogen (secondary N) is 2. The molecule has 1 aromatic carbocycles. The highest BCUT2D eigenvalue weighted by molar-refractivity contribution is 7.92. The first kappa shape index (κ1) is 13.0. The van der Waals surface area contributed by atoms with Gasteiger partial charge in [-0.3, -0.25) is 19.9 Å². The van der Waals surface area contributed by atoms with Crippen LogP contribution in [0, 0.1) is 17.0 Å². The highest BCUT2D eigenvalue weighted by atomic mass is 32.2. The minimum Gasteiger partial charge on any atom is -0.264 e. The van der Waals surface area contributed by atoms with E-state index in [4.69, 9.17) is 0 Å². The normalized spacial score (nSPS) is 11.2. The van der Waals surface area contributed by atoms with Gasteiger partial charge in [0.2, 0.25) is 0 Å². The lowest BCUT2D eigenvalue weighted by molar-refractivity contribution is -0.385. The highest BCUT2D eigenvalue weighted by Crippen LogP contribution is 2.23. The van der Waals surface area contributed by atoms with E-state index in [0.29, 0.717) is 5.56 Å². The smallest absolute Gasteiger partial charge is 0.264 e. The number of anilines is 1. The lowest BCUT2D eigenvalue weighted by atomic mass is 10.2. The average molecular weight is 282 g/mol. The van der Waals surface area contributed by atoms with Crippen LogP contribution in [-0.2, 0) is 10.0 Å². The van der Waals surface area contributed by atoms with Crippen LogP contribution < -0.4 is 4.72 Å². The van der Waals surface area contributed by atoms with Crippen LogP contribution in [0.1, 0.15) is 5.56 Å². The molecule has 1 aromatic heterocycles. The van der Waals surface area contributed by atoms with Gasteiger partial charge in [-0.05, 0) is 13.0 Å². The predicted molar refractivity (Wildman–Crippen MR) is 67.2 cm³/mol. The van der Waals surface area contributed by atoms with Crippen molar-refractivity contribution in [3.05, 3.63) is 46.1 Å². The fourth-order valence-corrected chi connectivity index (χ4v) is 2.50. The van der Waals surface area contributed by atoms with Crippen molar-refractivity contribution in [2.45, 2.75) is 11.8 Å².